The first kappa shape index (κ1) is 12.0. The maximum atomic E-state index is 3.71. The summed E-state index contributed by atoms with van der Waals surface area (Å²) >= 11 is 0. The lowest BCUT2D eigenvalue weighted by Gasteiger charge is -2.27. The Morgan fingerprint density at radius 3 is 2.71 bits per heavy atom. The van der Waals surface area contributed by atoms with Gasteiger partial charge < -0.3 is 5.32 Å². The van der Waals surface area contributed by atoms with E-state index in [0.717, 1.165) is 12.0 Å². The summed E-state index contributed by atoms with van der Waals surface area (Å²) in [5.74, 6) is 0.955. The van der Waals surface area contributed by atoms with Crippen LogP contribution in [0.15, 0.2) is 0 Å². The molecule has 1 saturated carbocycles. The number of hydrogen-bond acceptors (Lipinski definition) is 1. The van der Waals surface area contributed by atoms with E-state index >= 15 is 0 Å². The van der Waals surface area contributed by atoms with E-state index in [1.54, 1.807) is 0 Å². The molecular weight excluding hydrogens is 170 g/mol. The second kappa shape index (κ2) is 7.28. The van der Waals surface area contributed by atoms with Crippen molar-refractivity contribution in [1.82, 2.24) is 5.32 Å². The molecule has 1 fully saturated rings. The van der Waals surface area contributed by atoms with Gasteiger partial charge in [-0.05, 0) is 31.7 Å². The van der Waals surface area contributed by atoms with E-state index in [4.69, 9.17) is 0 Å². The molecule has 2 unspecified atom stereocenters. The van der Waals surface area contributed by atoms with Crippen molar-refractivity contribution in [2.24, 2.45) is 5.92 Å². The summed E-state index contributed by atoms with van der Waals surface area (Å²) in [6.07, 6.45) is 11.3. The molecule has 1 aliphatic rings. The van der Waals surface area contributed by atoms with Crippen LogP contribution in [0.5, 0.6) is 0 Å². The second-order valence-electron chi connectivity index (χ2n) is 4.98. The van der Waals surface area contributed by atoms with Crippen molar-refractivity contribution in [3.05, 3.63) is 0 Å². The normalized spacial score (nSPS) is 27.9. The molecule has 0 aromatic heterocycles. The van der Waals surface area contributed by atoms with Crippen molar-refractivity contribution in [3.8, 4) is 0 Å². The highest BCUT2D eigenvalue weighted by atomic mass is 14.9. The van der Waals surface area contributed by atoms with Gasteiger partial charge in [-0.2, -0.15) is 0 Å². The summed E-state index contributed by atoms with van der Waals surface area (Å²) in [6.45, 7) is 5.92. The molecule has 0 heterocycles. The van der Waals surface area contributed by atoms with Crippen molar-refractivity contribution in [1.29, 1.82) is 0 Å². The molecule has 0 aliphatic heterocycles. The van der Waals surface area contributed by atoms with Crippen molar-refractivity contribution in [2.75, 3.05) is 6.54 Å². The van der Waals surface area contributed by atoms with Gasteiger partial charge >= 0.3 is 0 Å². The fourth-order valence-electron chi connectivity index (χ4n) is 2.48. The van der Waals surface area contributed by atoms with Crippen molar-refractivity contribution in [2.45, 2.75) is 71.3 Å². The Labute approximate surface area is 89.7 Å². The largest absolute Gasteiger partial charge is 0.314 e. The monoisotopic (exact) mass is 197 g/mol. The van der Waals surface area contributed by atoms with Crippen molar-refractivity contribution < 1.29 is 0 Å². The lowest BCUT2D eigenvalue weighted by molar-refractivity contribution is 0.300. The van der Waals surface area contributed by atoms with Gasteiger partial charge in [-0.3, -0.25) is 0 Å². The fourth-order valence-corrected chi connectivity index (χ4v) is 2.48. The van der Waals surface area contributed by atoms with Crippen molar-refractivity contribution in [3.63, 3.8) is 0 Å². The van der Waals surface area contributed by atoms with Gasteiger partial charge in [0.25, 0.3) is 0 Å². The highest BCUT2D eigenvalue weighted by molar-refractivity contribution is 4.75. The molecule has 14 heavy (non-hydrogen) atoms. The third kappa shape index (κ3) is 4.99. The summed E-state index contributed by atoms with van der Waals surface area (Å²) in [4.78, 5) is 0. The fraction of sp³-hybridized carbons (Fsp3) is 1.00. The lowest BCUT2D eigenvalue weighted by Crippen LogP contribution is -2.34. The molecule has 84 valence electrons. The summed E-state index contributed by atoms with van der Waals surface area (Å²) in [5, 5.41) is 3.71. The second-order valence-corrected chi connectivity index (χ2v) is 4.98. The van der Waals surface area contributed by atoms with Crippen LogP contribution in [-0.4, -0.2) is 12.6 Å². The van der Waals surface area contributed by atoms with Crippen LogP contribution in [0.1, 0.15) is 65.2 Å². The van der Waals surface area contributed by atoms with E-state index in [-0.39, 0.29) is 0 Å². The molecule has 1 heteroatoms. The van der Waals surface area contributed by atoms with E-state index in [1.165, 1.54) is 57.9 Å². The molecule has 0 spiro atoms. The third-order valence-electron chi connectivity index (χ3n) is 3.40. The molecule has 1 aliphatic carbocycles. The minimum absolute atomic E-state index is 0.834. The summed E-state index contributed by atoms with van der Waals surface area (Å²) < 4.78 is 0. The van der Waals surface area contributed by atoms with Crippen LogP contribution in [0.2, 0.25) is 0 Å². The zero-order valence-corrected chi connectivity index (χ0v) is 10.0. The van der Waals surface area contributed by atoms with E-state index in [0.29, 0.717) is 0 Å². The first-order chi connectivity index (χ1) is 6.83. The minimum atomic E-state index is 0.834. The molecule has 1 nitrogen and oxygen atoms in total. The Bertz CT molecular complexity index is 133. The molecule has 0 aromatic carbocycles. The van der Waals surface area contributed by atoms with Gasteiger partial charge in [-0.15, -0.1) is 0 Å². The average Bonchev–Trinajstić information content (AvgIpc) is 2.18. The maximum absolute atomic E-state index is 3.71. The molecule has 1 rings (SSSR count). The molecule has 0 radical (unpaired) electrons. The number of rotatable bonds is 6. The van der Waals surface area contributed by atoms with Gasteiger partial charge in [0.15, 0.2) is 0 Å². The van der Waals surface area contributed by atoms with E-state index < -0.39 is 0 Å². The Morgan fingerprint density at radius 1 is 1.14 bits per heavy atom. The first-order valence-electron chi connectivity index (χ1n) is 6.56. The van der Waals surface area contributed by atoms with Gasteiger partial charge in [0, 0.05) is 6.04 Å². The molecule has 0 saturated heterocycles. The van der Waals surface area contributed by atoms with Crippen LogP contribution in [0.3, 0.4) is 0 Å². The van der Waals surface area contributed by atoms with Gasteiger partial charge in [-0.25, -0.2) is 0 Å². The Balaban J connectivity index is 1.95. The highest BCUT2D eigenvalue weighted by Crippen LogP contribution is 2.23. The first-order valence-corrected chi connectivity index (χ1v) is 6.56. The average molecular weight is 197 g/mol. The third-order valence-corrected chi connectivity index (χ3v) is 3.40. The van der Waals surface area contributed by atoms with Crippen molar-refractivity contribution >= 4 is 0 Å². The van der Waals surface area contributed by atoms with Crippen LogP contribution in [0.4, 0.5) is 0 Å². The Morgan fingerprint density at radius 2 is 2.00 bits per heavy atom. The lowest BCUT2D eigenvalue weighted by atomic mass is 9.87. The highest BCUT2D eigenvalue weighted by Gasteiger charge is 2.17. The smallest absolute Gasteiger partial charge is 0.00696 e. The van der Waals surface area contributed by atoms with Crippen LogP contribution >= 0.6 is 0 Å². The van der Waals surface area contributed by atoms with Crippen LogP contribution < -0.4 is 5.32 Å². The summed E-state index contributed by atoms with van der Waals surface area (Å²) in [7, 11) is 0. The molecule has 2 atom stereocenters. The van der Waals surface area contributed by atoms with Gasteiger partial charge in [0.05, 0.1) is 0 Å². The van der Waals surface area contributed by atoms with Gasteiger partial charge in [0.2, 0.25) is 0 Å². The summed E-state index contributed by atoms with van der Waals surface area (Å²) in [5.41, 5.74) is 0. The van der Waals surface area contributed by atoms with Crippen LogP contribution in [0, 0.1) is 5.92 Å². The topological polar surface area (TPSA) is 12.0 Å². The van der Waals surface area contributed by atoms with E-state index in [1.807, 2.05) is 0 Å². The number of nitrogens with one attached hydrogen (secondary N) is 1. The Hall–Kier alpha value is -0.0400. The van der Waals surface area contributed by atoms with E-state index in [2.05, 4.69) is 19.2 Å². The molecule has 0 aromatic rings. The molecular formula is C13H27N. The molecule has 0 amide bonds. The predicted molar refractivity (Wildman–Crippen MR) is 63.6 cm³/mol. The molecule has 1 N–H and O–H groups in total. The molecule has 0 bridgehead atoms. The minimum Gasteiger partial charge on any atom is -0.314 e. The zero-order valence-electron chi connectivity index (χ0n) is 10.0. The maximum Gasteiger partial charge on any atom is 0.00696 e. The standard InChI is InChI=1S/C13H27N/c1-3-4-5-6-10-14-13-9-7-8-12(2)11-13/h12-14H,3-11H2,1-2H3. The summed E-state index contributed by atoms with van der Waals surface area (Å²) in [6, 6.07) is 0.834. The predicted octanol–water partition coefficient (Wildman–Crippen LogP) is 3.74. The quantitative estimate of drug-likeness (QED) is 0.640. The van der Waals surface area contributed by atoms with E-state index in [9.17, 15) is 0 Å². The Kier molecular flexibility index (Phi) is 6.25. The zero-order chi connectivity index (χ0) is 10.2. The van der Waals surface area contributed by atoms with Gasteiger partial charge in [0.1, 0.15) is 0 Å². The van der Waals surface area contributed by atoms with Crippen LogP contribution in [0.25, 0.3) is 0 Å². The van der Waals surface area contributed by atoms with Gasteiger partial charge in [-0.1, -0.05) is 46.0 Å². The van der Waals surface area contributed by atoms with Crippen LogP contribution in [-0.2, 0) is 0 Å². The SMILES string of the molecule is CCCCCCNC1CCCC(C)C1. The number of hydrogen-bond donors (Lipinski definition) is 1. The number of unbranched alkanes of at least 4 members (excludes halogenated alkanes) is 3.